The Labute approximate surface area is 207 Å². The minimum Gasteiger partial charge on any atom is -0.462 e. The maximum Gasteiger partial charge on any atom is 0.341 e. The smallest absolute Gasteiger partial charge is 0.341 e. The largest absolute Gasteiger partial charge is 0.462 e. The number of amides is 2. The van der Waals surface area contributed by atoms with E-state index in [1.165, 1.54) is 35.2 Å². The molecule has 0 spiro atoms. The van der Waals surface area contributed by atoms with Crippen LogP contribution in [0, 0.1) is 5.82 Å². The van der Waals surface area contributed by atoms with Gasteiger partial charge in [-0.1, -0.05) is 35.2 Å². The van der Waals surface area contributed by atoms with Crippen molar-refractivity contribution in [2.24, 2.45) is 0 Å². The zero-order chi connectivity index (χ0) is 24.1. The van der Waals surface area contributed by atoms with Crippen molar-refractivity contribution in [2.45, 2.75) is 36.9 Å². The number of aryl methyl sites for hydroxylation is 1. The van der Waals surface area contributed by atoms with Crippen LogP contribution in [0.15, 0.2) is 28.6 Å². The summed E-state index contributed by atoms with van der Waals surface area (Å²) >= 11 is 3.77. The number of carbonyl (C=O) groups is 3. The molecule has 3 aromatic rings. The van der Waals surface area contributed by atoms with Crippen molar-refractivity contribution < 1.29 is 23.5 Å². The number of esters is 1. The van der Waals surface area contributed by atoms with E-state index in [1.807, 2.05) is 0 Å². The number of halogens is 1. The van der Waals surface area contributed by atoms with Gasteiger partial charge in [-0.3, -0.25) is 9.59 Å². The highest BCUT2D eigenvalue weighted by atomic mass is 32.2. The van der Waals surface area contributed by atoms with Crippen LogP contribution in [0.1, 0.15) is 39.7 Å². The number of rotatable bonds is 9. The van der Waals surface area contributed by atoms with E-state index in [4.69, 9.17) is 4.74 Å². The molecule has 2 N–H and O–H groups in total. The number of nitrogens with one attached hydrogen (secondary N) is 2. The highest BCUT2D eigenvalue weighted by Crippen LogP contribution is 2.39. The van der Waals surface area contributed by atoms with Crippen LogP contribution in [-0.4, -0.2) is 40.3 Å². The zero-order valence-electron chi connectivity index (χ0n) is 18.2. The third kappa shape index (κ3) is 5.99. The summed E-state index contributed by atoms with van der Waals surface area (Å²) in [4.78, 5) is 38.3. The minimum atomic E-state index is -0.407. The molecule has 1 aliphatic carbocycles. The van der Waals surface area contributed by atoms with Crippen LogP contribution in [0.4, 0.5) is 14.5 Å². The molecule has 0 unspecified atom stereocenters. The van der Waals surface area contributed by atoms with E-state index in [1.54, 1.807) is 19.1 Å². The monoisotopic (exact) mass is 520 g/mol. The third-order valence-corrected chi connectivity index (χ3v) is 8.09. The number of carbonyl (C=O) groups excluding carboxylic acids is 3. The second kappa shape index (κ2) is 11.1. The third-order valence-electron chi connectivity index (χ3n) is 4.91. The summed E-state index contributed by atoms with van der Waals surface area (Å²) in [6.45, 7) is 2.02. The molecule has 1 aliphatic rings. The Morgan fingerprint density at radius 3 is 2.65 bits per heavy atom. The van der Waals surface area contributed by atoms with E-state index in [9.17, 15) is 18.8 Å². The topological polar surface area (TPSA) is 110 Å². The Bertz CT molecular complexity index is 1210. The zero-order valence-corrected chi connectivity index (χ0v) is 20.6. The number of benzene rings is 1. The molecule has 2 amide bonds. The van der Waals surface area contributed by atoms with Gasteiger partial charge in [0, 0.05) is 4.88 Å². The molecule has 0 fully saturated rings. The van der Waals surface area contributed by atoms with E-state index >= 15 is 0 Å². The van der Waals surface area contributed by atoms with Gasteiger partial charge in [0.25, 0.3) is 0 Å². The number of aromatic nitrogens is 2. The van der Waals surface area contributed by atoms with E-state index in [0.29, 0.717) is 25.6 Å². The minimum absolute atomic E-state index is 0.0724. The average Bonchev–Trinajstić information content (AvgIpc) is 3.50. The average molecular weight is 521 g/mol. The molecular formula is C22H21FN4O4S3. The fraction of sp³-hybridized carbons (Fsp3) is 0.318. The van der Waals surface area contributed by atoms with Crippen molar-refractivity contribution >= 4 is 62.4 Å². The summed E-state index contributed by atoms with van der Waals surface area (Å²) in [5, 5.41) is 14.3. The lowest BCUT2D eigenvalue weighted by Gasteiger charge is -2.07. The predicted octanol–water partition coefficient (Wildman–Crippen LogP) is 4.32. The summed E-state index contributed by atoms with van der Waals surface area (Å²) in [6, 6.07) is 5.69. The number of thiophene rings is 1. The van der Waals surface area contributed by atoms with E-state index < -0.39 is 5.97 Å². The van der Waals surface area contributed by atoms with Gasteiger partial charge in [0.1, 0.15) is 10.8 Å². The predicted molar refractivity (Wildman–Crippen MR) is 130 cm³/mol. The molecule has 0 saturated carbocycles. The number of anilines is 2. The number of thioether (sulfide) groups is 1. The van der Waals surface area contributed by atoms with Crippen molar-refractivity contribution in [3.05, 3.63) is 51.7 Å². The van der Waals surface area contributed by atoms with Crippen LogP contribution in [-0.2, 0) is 33.6 Å². The van der Waals surface area contributed by atoms with E-state index in [0.717, 1.165) is 41.0 Å². The Hall–Kier alpha value is -2.83. The summed E-state index contributed by atoms with van der Waals surface area (Å²) < 4.78 is 18.7. The first kappa shape index (κ1) is 24.3. The van der Waals surface area contributed by atoms with Gasteiger partial charge >= 0.3 is 5.97 Å². The molecule has 178 valence electrons. The normalized spacial score (nSPS) is 12.3. The van der Waals surface area contributed by atoms with Crippen LogP contribution in [0.2, 0.25) is 0 Å². The summed E-state index contributed by atoms with van der Waals surface area (Å²) in [5.41, 5.74) is 2.13. The molecule has 0 atom stereocenters. The fourth-order valence-electron chi connectivity index (χ4n) is 3.47. The van der Waals surface area contributed by atoms with Crippen molar-refractivity contribution in [1.82, 2.24) is 10.2 Å². The lowest BCUT2D eigenvalue weighted by atomic mass is 10.1. The number of fused-ring (bicyclic) bond motifs is 1. The Morgan fingerprint density at radius 2 is 1.88 bits per heavy atom. The number of nitrogens with zero attached hydrogens (tertiary/aromatic N) is 2. The van der Waals surface area contributed by atoms with Gasteiger partial charge in [-0.05, 0) is 49.4 Å². The lowest BCUT2D eigenvalue weighted by molar-refractivity contribution is -0.115. The first-order chi connectivity index (χ1) is 16.4. The highest BCUT2D eigenvalue weighted by Gasteiger charge is 2.28. The maximum absolute atomic E-state index is 13.0. The molecular weight excluding hydrogens is 499 g/mol. The molecule has 2 aromatic heterocycles. The quantitative estimate of drug-likeness (QED) is 0.246. The number of hydrogen-bond acceptors (Lipinski definition) is 9. The molecule has 0 saturated heterocycles. The van der Waals surface area contributed by atoms with E-state index in [2.05, 4.69) is 20.8 Å². The van der Waals surface area contributed by atoms with Crippen LogP contribution in [0.3, 0.4) is 0 Å². The Kier molecular flexibility index (Phi) is 7.91. The highest BCUT2D eigenvalue weighted by molar-refractivity contribution is 8.01. The Balaban J connectivity index is 1.30. The molecule has 8 nitrogen and oxygen atoms in total. The second-order valence-corrected chi connectivity index (χ2v) is 10.6. The second-order valence-electron chi connectivity index (χ2n) is 7.34. The van der Waals surface area contributed by atoms with Crippen molar-refractivity contribution in [1.29, 1.82) is 0 Å². The van der Waals surface area contributed by atoms with E-state index in [-0.39, 0.29) is 36.4 Å². The molecule has 2 heterocycles. The van der Waals surface area contributed by atoms with Crippen molar-refractivity contribution in [3.63, 3.8) is 0 Å². The summed E-state index contributed by atoms with van der Waals surface area (Å²) in [7, 11) is 0. The van der Waals surface area contributed by atoms with Crippen LogP contribution in [0.25, 0.3) is 0 Å². The summed E-state index contributed by atoms with van der Waals surface area (Å²) in [5.74, 6) is -1.26. The van der Waals surface area contributed by atoms with Gasteiger partial charge in [-0.25, -0.2) is 9.18 Å². The van der Waals surface area contributed by atoms with Crippen molar-refractivity contribution in [2.75, 3.05) is 23.0 Å². The number of hydrogen-bond donors (Lipinski definition) is 2. The molecule has 0 bridgehead atoms. The number of ether oxygens (including phenoxy) is 1. The van der Waals surface area contributed by atoms with Crippen LogP contribution < -0.4 is 10.6 Å². The first-order valence-corrected chi connectivity index (χ1v) is 13.2. The van der Waals surface area contributed by atoms with Gasteiger partial charge in [0.05, 0.1) is 24.3 Å². The van der Waals surface area contributed by atoms with Crippen molar-refractivity contribution in [3.8, 4) is 0 Å². The van der Waals surface area contributed by atoms with Gasteiger partial charge in [-0.15, -0.1) is 21.5 Å². The van der Waals surface area contributed by atoms with Crippen LogP contribution in [0.5, 0.6) is 0 Å². The SMILES string of the molecule is CCOC(=O)c1c(NC(=O)CSc2nnc(NC(=O)Cc3ccc(F)cc3)s2)sc2c1CCC2. The summed E-state index contributed by atoms with van der Waals surface area (Å²) in [6.07, 6.45) is 2.79. The van der Waals surface area contributed by atoms with Gasteiger partial charge in [0.2, 0.25) is 16.9 Å². The molecule has 0 radical (unpaired) electrons. The molecule has 34 heavy (non-hydrogen) atoms. The van der Waals surface area contributed by atoms with Gasteiger partial charge in [0.15, 0.2) is 4.34 Å². The molecule has 12 heteroatoms. The maximum atomic E-state index is 13.0. The first-order valence-electron chi connectivity index (χ1n) is 10.5. The lowest BCUT2D eigenvalue weighted by Crippen LogP contribution is -2.16. The fourth-order valence-corrected chi connectivity index (χ4v) is 6.33. The molecule has 1 aromatic carbocycles. The van der Waals surface area contributed by atoms with Crippen LogP contribution >= 0.6 is 34.4 Å². The molecule has 0 aliphatic heterocycles. The standard InChI is InChI=1S/C22H21FN4O4S3/c1-2-31-20(30)18-14-4-3-5-15(14)33-19(18)24-17(29)11-32-22-27-26-21(34-22)25-16(28)10-12-6-8-13(23)9-7-12/h6-9H,2-5,10-11H2,1H3,(H,24,29)(H,25,26,28). The van der Waals surface area contributed by atoms with Gasteiger partial charge in [-0.2, -0.15) is 0 Å². The Morgan fingerprint density at radius 1 is 1.09 bits per heavy atom. The van der Waals surface area contributed by atoms with Gasteiger partial charge < -0.3 is 15.4 Å². The molecule has 4 rings (SSSR count).